The van der Waals surface area contributed by atoms with Crippen molar-refractivity contribution in [3.8, 4) is 11.1 Å². The number of ether oxygens (including phenoxy) is 1. The van der Waals surface area contributed by atoms with E-state index in [1.807, 2.05) is 13.8 Å². The van der Waals surface area contributed by atoms with Gasteiger partial charge in [-0.15, -0.1) is 0 Å². The van der Waals surface area contributed by atoms with Crippen molar-refractivity contribution in [1.82, 2.24) is 9.62 Å². The quantitative estimate of drug-likeness (QED) is 0.603. The third-order valence-corrected chi connectivity index (χ3v) is 8.97. The summed E-state index contributed by atoms with van der Waals surface area (Å²) in [7, 11) is -3.59. The van der Waals surface area contributed by atoms with Crippen molar-refractivity contribution in [3.63, 3.8) is 0 Å². The van der Waals surface area contributed by atoms with Crippen molar-refractivity contribution in [1.29, 1.82) is 0 Å². The highest BCUT2D eigenvalue weighted by Gasteiger charge is 2.63. The van der Waals surface area contributed by atoms with Gasteiger partial charge >= 0.3 is 0 Å². The Kier molecular flexibility index (Phi) is 6.20. The van der Waals surface area contributed by atoms with Crippen LogP contribution in [0.1, 0.15) is 32.8 Å². The zero-order valence-electron chi connectivity index (χ0n) is 20.3. The number of halogens is 3. The second kappa shape index (κ2) is 8.85. The molecule has 4 unspecified atom stereocenters. The molecule has 0 bridgehead atoms. The molecule has 6 nitrogen and oxygen atoms in total. The van der Waals surface area contributed by atoms with Crippen LogP contribution in [0.4, 0.5) is 13.2 Å². The molecule has 5 rings (SSSR count). The van der Waals surface area contributed by atoms with Crippen LogP contribution < -0.4 is 4.72 Å². The van der Waals surface area contributed by atoms with Crippen LogP contribution in [-0.2, 0) is 26.0 Å². The van der Waals surface area contributed by atoms with Gasteiger partial charge in [-0.3, -0.25) is 4.79 Å². The van der Waals surface area contributed by atoms with E-state index in [4.69, 9.17) is 4.74 Å². The van der Waals surface area contributed by atoms with E-state index in [2.05, 4.69) is 4.72 Å². The summed E-state index contributed by atoms with van der Waals surface area (Å²) < 4.78 is 76.6. The third-order valence-electron chi connectivity index (χ3n) is 7.58. The predicted molar refractivity (Wildman–Crippen MR) is 128 cm³/mol. The molecule has 2 aliphatic heterocycles. The first-order valence-electron chi connectivity index (χ1n) is 12.1. The molecule has 0 aromatic heterocycles. The lowest BCUT2D eigenvalue weighted by atomic mass is 9.81. The molecule has 0 spiro atoms. The molecule has 1 saturated carbocycles. The van der Waals surface area contributed by atoms with Gasteiger partial charge in [-0.1, -0.05) is 32.0 Å². The molecule has 2 heterocycles. The lowest BCUT2D eigenvalue weighted by Gasteiger charge is -2.46. The minimum atomic E-state index is -3.59. The minimum absolute atomic E-state index is 0.0288. The SMILES string of the molecule is CCS(=O)(=O)NC1C2CC2N(C(=O)[C@H]2OCC2(C)C)C1Cc1cccc(-c2cc(F)cc(F)c2)c1F. The van der Waals surface area contributed by atoms with E-state index < -0.39 is 45.7 Å². The number of carbonyl (C=O) groups is 1. The Morgan fingerprint density at radius 1 is 1.17 bits per heavy atom. The van der Waals surface area contributed by atoms with Gasteiger partial charge in [-0.25, -0.2) is 26.3 Å². The fourth-order valence-corrected chi connectivity index (χ4v) is 6.47. The molecule has 3 fully saturated rings. The van der Waals surface area contributed by atoms with Crippen molar-refractivity contribution in [2.75, 3.05) is 12.4 Å². The van der Waals surface area contributed by atoms with Crippen molar-refractivity contribution in [2.45, 2.75) is 57.8 Å². The fraction of sp³-hybridized carbons (Fsp3) is 0.500. The van der Waals surface area contributed by atoms with Gasteiger partial charge in [0.2, 0.25) is 10.0 Å². The molecule has 1 N–H and O–H groups in total. The molecular formula is C26H29F3N2O4S. The average molecular weight is 523 g/mol. The summed E-state index contributed by atoms with van der Waals surface area (Å²) >= 11 is 0. The normalized spacial score (nSPS) is 28.5. The molecule has 1 aliphatic carbocycles. The van der Waals surface area contributed by atoms with E-state index >= 15 is 4.39 Å². The number of amides is 1. The molecule has 10 heteroatoms. The molecule has 1 amide bonds. The minimum Gasteiger partial charge on any atom is -0.367 e. The average Bonchev–Trinajstić information content (AvgIpc) is 3.51. The van der Waals surface area contributed by atoms with Crippen LogP contribution in [0.5, 0.6) is 0 Å². The Hall–Kier alpha value is -2.43. The number of rotatable bonds is 7. The molecule has 0 radical (unpaired) electrons. The maximum Gasteiger partial charge on any atom is 0.252 e. The Labute approximate surface area is 208 Å². The molecular weight excluding hydrogens is 493 g/mol. The number of hydrogen-bond acceptors (Lipinski definition) is 4. The molecule has 2 aromatic carbocycles. The van der Waals surface area contributed by atoms with Crippen LogP contribution in [0, 0.1) is 28.8 Å². The maximum atomic E-state index is 15.7. The van der Waals surface area contributed by atoms with Crippen LogP contribution in [0.3, 0.4) is 0 Å². The van der Waals surface area contributed by atoms with E-state index in [-0.39, 0.29) is 52.1 Å². The zero-order chi connectivity index (χ0) is 26.0. The summed E-state index contributed by atoms with van der Waals surface area (Å²) in [6.07, 6.45) is 0.0618. The van der Waals surface area contributed by atoms with Crippen molar-refractivity contribution in [3.05, 3.63) is 59.4 Å². The molecule has 2 aromatic rings. The van der Waals surface area contributed by atoms with E-state index in [0.29, 0.717) is 19.1 Å². The van der Waals surface area contributed by atoms with Gasteiger partial charge in [-0.05, 0) is 48.9 Å². The van der Waals surface area contributed by atoms with Crippen LogP contribution >= 0.6 is 0 Å². The van der Waals surface area contributed by atoms with Gasteiger partial charge in [0.1, 0.15) is 23.6 Å². The molecule has 36 heavy (non-hydrogen) atoms. The second-order valence-corrected chi connectivity index (χ2v) is 12.7. The number of likely N-dealkylation sites (tertiary alicyclic amines) is 1. The molecule has 2 saturated heterocycles. The van der Waals surface area contributed by atoms with E-state index in [1.54, 1.807) is 17.0 Å². The first-order chi connectivity index (χ1) is 16.9. The van der Waals surface area contributed by atoms with Crippen LogP contribution in [0.15, 0.2) is 36.4 Å². The smallest absolute Gasteiger partial charge is 0.252 e. The number of fused-ring (bicyclic) bond motifs is 1. The summed E-state index contributed by atoms with van der Waals surface area (Å²) in [5, 5.41) is 0. The lowest BCUT2D eigenvalue weighted by molar-refractivity contribution is -0.194. The molecule has 194 valence electrons. The Bertz CT molecular complexity index is 1300. The highest BCUT2D eigenvalue weighted by molar-refractivity contribution is 7.89. The maximum absolute atomic E-state index is 15.7. The highest BCUT2D eigenvalue weighted by atomic mass is 32.2. The standard InChI is InChI=1S/C26H29F3N2O4S/c1-4-36(33,34)30-23-19-12-20(19)31(25(32)24-26(2,3)13-35-24)21(23)10-14-6-5-7-18(22(14)29)15-8-16(27)11-17(28)9-15/h5-9,11,19-21,23-24,30H,4,10,12-13H2,1-3H3/t19?,20?,21?,23?,24-/m1/s1. The van der Waals surface area contributed by atoms with Gasteiger partial charge in [0.15, 0.2) is 0 Å². The fourth-order valence-electron chi connectivity index (χ4n) is 5.56. The largest absolute Gasteiger partial charge is 0.367 e. The van der Waals surface area contributed by atoms with Crippen molar-refractivity contribution >= 4 is 15.9 Å². The topological polar surface area (TPSA) is 75.7 Å². The summed E-state index contributed by atoms with van der Waals surface area (Å²) in [6, 6.07) is 6.06. The van der Waals surface area contributed by atoms with Crippen molar-refractivity contribution < 1.29 is 31.1 Å². The second-order valence-electron chi connectivity index (χ2n) is 10.6. The number of nitrogens with one attached hydrogen (secondary N) is 1. The summed E-state index contributed by atoms with van der Waals surface area (Å²) in [5.74, 6) is -2.69. The number of nitrogens with zero attached hydrogens (tertiary/aromatic N) is 1. The Morgan fingerprint density at radius 3 is 2.44 bits per heavy atom. The summed E-state index contributed by atoms with van der Waals surface area (Å²) in [5.41, 5.74) is -0.0293. The number of piperidine rings is 1. The van der Waals surface area contributed by atoms with Crippen LogP contribution in [0.2, 0.25) is 0 Å². The predicted octanol–water partition coefficient (Wildman–Crippen LogP) is 3.65. The van der Waals surface area contributed by atoms with Gasteiger partial charge in [-0.2, -0.15) is 0 Å². The number of benzene rings is 2. The summed E-state index contributed by atoms with van der Waals surface area (Å²) in [6.45, 7) is 5.86. The number of hydrogen-bond donors (Lipinski definition) is 1. The molecule has 3 aliphatic rings. The number of sulfonamides is 1. The van der Waals surface area contributed by atoms with E-state index in [0.717, 1.165) is 12.1 Å². The van der Waals surface area contributed by atoms with Gasteiger partial charge in [0, 0.05) is 29.1 Å². The Morgan fingerprint density at radius 2 is 1.86 bits per heavy atom. The lowest BCUT2D eigenvalue weighted by Crippen LogP contribution is -2.60. The monoisotopic (exact) mass is 522 g/mol. The summed E-state index contributed by atoms with van der Waals surface area (Å²) in [4.78, 5) is 15.2. The van der Waals surface area contributed by atoms with E-state index in [9.17, 15) is 22.0 Å². The zero-order valence-corrected chi connectivity index (χ0v) is 21.1. The van der Waals surface area contributed by atoms with Crippen LogP contribution in [-0.4, -0.2) is 55.8 Å². The van der Waals surface area contributed by atoms with Gasteiger partial charge in [0.05, 0.1) is 18.4 Å². The van der Waals surface area contributed by atoms with Gasteiger partial charge < -0.3 is 9.64 Å². The number of carbonyl (C=O) groups excluding carboxylic acids is 1. The highest BCUT2D eigenvalue weighted by Crippen LogP contribution is 2.51. The third kappa shape index (κ3) is 4.43. The first-order valence-corrected chi connectivity index (χ1v) is 13.7. The van der Waals surface area contributed by atoms with Gasteiger partial charge in [0.25, 0.3) is 5.91 Å². The van der Waals surface area contributed by atoms with Crippen molar-refractivity contribution in [2.24, 2.45) is 11.3 Å². The molecule has 5 atom stereocenters. The van der Waals surface area contributed by atoms with Crippen LogP contribution in [0.25, 0.3) is 11.1 Å². The Balaban J connectivity index is 1.50. The van der Waals surface area contributed by atoms with E-state index in [1.165, 1.54) is 13.0 Å². The first kappa shape index (κ1) is 25.2.